The molecule has 2 aliphatic rings. The van der Waals surface area contributed by atoms with Gasteiger partial charge in [-0.25, -0.2) is 12.8 Å². The fourth-order valence-electron chi connectivity index (χ4n) is 4.06. The number of rotatable bonds is 6. The molecule has 2 heterocycles. The van der Waals surface area contributed by atoms with E-state index in [2.05, 4.69) is 10.2 Å². The number of carbonyl (C=O) groups excluding carboxylic acids is 1. The molecule has 0 spiro atoms. The van der Waals surface area contributed by atoms with Crippen molar-refractivity contribution in [2.45, 2.75) is 17.7 Å². The first-order valence-corrected chi connectivity index (χ1v) is 12.0. The van der Waals surface area contributed by atoms with Gasteiger partial charge < -0.3 is 10.2 Å². The zero-order chi connectivity index (χ0) is 21.8. The minimum Gasteiger partial charge on any atom is -0.372 e. The Balaban J connectivity index is 1.28. The number of halogens is 1. The van der Waals surface area contributed by atoms with Crippen LogP contribution < -0.4 is 10.2 Å². The summed E-state index contributed by atoms with van der Waals surface area (Å²) in [7, 11) is -3.88. The maximum atomic E-state index is 13.9. The Morgan fingerprint density at radius 3 is 2.19 bits per heavy atom. The molecule has 0 aliphatic carbocycles. The van der Waals surface area contributed by atoms with Gasteiger partial charge in [-0.2, -0.15) is 4.31 Å². The summed E-state index contributed by atoms with van der Waals surface area (Å²) in [5.41, 5.74) is 1.91. The van der Waals surface area contributed by atoms with Gasteiger partial charge in [-0.1, -0.05) is 12.1 Å². The first-order chi connectivity index (χ1) is 14.9. The molecular weight excluding hydrogens is 419 g/mol. The molecule has 2 aromatic rings. The molecule has 1 amide bonds. The third-order valence-electron chi connectivity index (χ3n) is 5.78. The average Bonchev–Trinajstić information content (AvgIpc) is 3.30. The number of hydrogen-bond donors (Lipinski definition) is 1. The van der Waals surface area contributed by atoms with Gasteiger partial charge in [0, 0.05) is 50.6 Å². The summed E-state index contributed by atoms with van der Waals surface area (Å²) >= 11 is 0. The molecule has 2 saturated heterocycles. The molecule has 166 valence electrons. The molecule has 2 aromatic carbocycles. The second-order valence-corrected chi connectivity index (χ2v) is 9.81. The van der Waals surface area contributed by atoms with Crippen LogP contribution in [0.15, 0.2) is 53.4 Å². The highest BCUT2D eigenvalue weighted by Crippen LogP contribution is 2.23. The second-order valence-electron chi connectivity index (χ2n) is 7.90. The van der Waals surface area contributed by atoms with E-state index in [0.717, 1.165) is 24.8 Å². The van der Waals surface area contributed by atoms with Gasteiger partial charge in [-0.05, 0) is 49.2 Å². The average molecular weight is 447 g/mol. The molecule has 2 aliphatic heterocycles. The number of amides is 1. The Kier molecular flexibility index (Phi) is 6.54. The monoisotopic (exact) mass is 446 g/mol. The molecule has 0 unspecified atom stereocenters. The Labute approximate surface area is 182 Å². The van der Waals surface area contributed by atoms with Gasteiger partial charge in [0.2, 0.25) is 15.9 Å². The van der Waals surface area contributed by atoms with Crippen molar-refractivity contribution in [1.29, 1.82) is 0 Å². The molecule has 2 fully saturated rings. The van der Waals surface area contributed by atoms with Crippen molar-refractivity contribution in [3.63, 3.8) is 0 Å². The Bertz CT molecular complexity index is 1020. The molecule has 0 radical (unpaired) electrons. The zero-order valence-electron chi connectivity index (χ0n) is 17.3. The minimum absolute atomic E-state index is 0.140. The normalized spacial score (nSPS) is 18.3. The van der Waals surface area contributed by atoms with E-state index in [-0.39, 0.29) is 30.4 Å². The summed E-state index contributed by atoms with van der Waals surface area (Å²) in [6.45, 7) is 3.59. The summed E-state index contributed by atoms with van der Waals surface area (Å²) in [6, 6.07) is 13.2. The van der Waals surface area contributed by atoms with Gasteiger partial charge in [-0.3, -0.25) is 9.69 Å². The van der Waals surface area contributed by atoms with Crippen LogP contribution >= 0.6 is 0 Å². The molecule has 4 rings (SSSR count). The lowest BCUT2D eigenvalue weighted by molar-refractivity contribution is -0.117. The van der Waals surface area contributed by atoms with Crippen molar-refractivity contribution in [3.8, 4) is 0 Å². The third kappa shape index (κ3) is 5.06. The number of nitrogens with one attached hydrogen (secondary N) is 1. The predicted octanol–water partition coefficient (Wildman–Crippen LogP) is 2.37. The lowest BCUT2D eigenvalue weighted by Gasteiger charge is -2.33. The largest absolute Gasteiger partial charge is 0.372 e. The molecule has 0 atom stereocenters. The molecule has 0 aromatic heterocycles. The van der Waals surface area contributed by atoms with Crippen LogP contribution in [0.3, 0.4) is 0 Å². The number of anilines is 2. The number of sulfonamides is 1. The van der Waals surface area contributed by atoms with Crippen molar-refractivity contribution in [3.05, 3.63) is 54.3 Å². The van der Waals surface area contributed by atoms with Crippen LogP contribution in [0, 0.1) is 5.82 Å². The number of hydrogen-bond acceptors (Lipinski definition) is 5. The fraction of sp³-hybridized carbons (Fsp3) is 0.409. The maximum Gasteiger partial charge on any atom is 0.246 e. The highest BCUT2D eigenvalue weighted by atomic mass is 32.2. The lowest BCUT2D eigenvalue weighted by Crippen LogP contribution is -2.50. The van der Waals surface area contributed by atoms with E-state index in [1.165, 1.54) is 41.0 Å². The molecule has 0 saturated carbocycles. The zero-order valence-corrected chi connectivity index (χ0v) is 18.2. The van der Waals surface area contributed by atoms with Crippen LogP contribution in [-0.4, -0.2) is 69.3 Å². The van der Waals surface area contributed by atoms with Crippen molar-refractivity contribution >= 4 is 27.3 Å². The smallest absolute Gasteiger partial charge is 0.246 e. The summed E-state index contributed by atoms with van der Waals surface area (Å²) in [6.07, 6.45) is 2.43. The molecule has 9 heteroatoms. The summed E-state index contributed by atoms with van der Waals surface area (Å²) in [4.78, 5) is 16.4. The number of piperazine rings is 1. The van der Waals surface area contributed by atoms with Gasteiger partial charge in [0.25, 0.3) is 0 Å². The van der Waals surface area contributed by atoms with Crippen molar-refractivity contribution in [2.24, 2.45) is 0 Å². The van der Waals surface area contributed by atoms with E-state index in [1.54, 1.807) is 0 Å². The van der Waals surface area contributed by atoms with Crippen molar-refractivity contribution < 1.29 is 17.6 Å². The number of carbonyl (C=O) groups is 1. The maximum absolute atomic E-state index is 13.9. The summed E-state index contributed by atoms with van der Waals surface area (Å²) in [5, 5.41) is 2.90. The van der Waals surface area contributed by atoms with Crippen LogP contribution in [-0.2, 0) is 14.8 Å². The van der Waals surface area contributed by atoms with E-state index >= 15 is 0 Å². The van der Waals surface area contributed by atoms with Gasteiger partial charge in [0.05, 0.1) is 6.54 Å². The Morgan fingerprint density at radius 1 is 0.903 bits per heavy atom. The first kappa shape index (κ1) is 21.7. The standard InChI is InChI=1S/C22H27FN4O3S/c23-20-5-1-2-6-21(20)31(29,30)27-15-13-25(14-16-27)17-22(28)24-18-7-9-19(10-8-18)26-11-3-4-12-26/h1-2,5-10H,3-4,11-17H2,(H,24,28). The molecular formula is C22H27FN4O3S. The number of nitrogens with zero attached hydrogens (tertiary/aromatic N) is 3. The van der Waals surface area contributed by atoms with Crippen LogP contribution in [0.25, 0.3) is 0 Å². The topological polar surface area (TPSA) is 73.0 Å². The minimum atomic E-state index is -3.88. The number of benzene rings is 2. The Morgan fingerprint density at radius 2 is 1.55 bits per heavy atom. The van der Waals surface area contributed by atoms with Crippen LogP contribution in [0.1, 0.15) is 12.8 Å². The first-order valence-electron chi connectivity index (χ1n) is 10.6. The van der Waals surface area contributed by atoms with Crippen LogP contribution in [0.5, 0.6) is 0 Å². The predicted molar refractivity (Wildman–Crippen MR) is 118 cm³/mol. The van der Waals surface area contributed by atoms with Crippen LogP contribution in [0.4, 0.5) is 15.8 Å². The summed E-state index contributed by atoms with van der Waals surface area (Å²) in [5.74, 6) is -0.889. The highest BCUT2D eigenvalue weighted by Gasteiger charge is 2.30. The molecule has 7 nitrogen and oxygen atoms in total. The van der Waals surface area contributed by atoms with E-state index in [0.29, 0.717) is 13.1 Å². The quantitative estimate of drug-likeness (QED) is 0.738. The van der Waals surface area contributed by atoms with Gasteiger partial charge in [0.1, 0.15) is 10.7 Å². The van der Waals surface area contributed by atoms with Gasteiger partial charge in [0.15, 0.2) is 0 Å². The Hall–Kier alpha value is -2.49. The molecule has 31 heavy (non-hydrogen) atoms. The lowest BCUT2D eigenvalue weighted by atomic mass is 10.2. The van der Waals surface area contributed by atoms with E-state index in [9.17, 15) is 17.6 Å². The third-order valence-corrected chi connectivity index (χ3v) is 7.71. The molecule has 0 bridgehead atoms. The molecule has 1 N–H and O–H groups in total. The highest BCUT2D eigenvalue weighted by molar-refractivity contribution is 7.89. The van der Waals surface area contributed by atoms with E-state index < -0.39 is 15.8 Å². The van der Waals surface area contributed by atoms with Gasteiger partial charge in [-0.15, -0.1) is 0 Å². The van der Waals surface area contributed by atoms with Crippen molar-refractivity contribution in [2.75, 3.05) is 56.0 Å². The van der Waals surface area contributed by atoms with Gasteiger partial charge >= 0.3 is 0 Å². The van der Waals surface area contributed by atoms with E-state index in [1.807, 2.05) is 29.2 Å². The SMILES string of the molecule is O=C(CN1CCN(S(=O)(=O)c2ccccc2F)CC1)Nc1ccc(N2CCCC2)cc1. The summed E-state index contributed by atoms with van der Waals surface area (Å²) < 4.78 is 40.6. The fourth-order valence-corrected chi connectivity index (χ4v) is 5.54. The van der Waals surface area contributed by atoms with Crippen molar-refractivity contribution in [1.82, 2.24) is 9.21 Å². The van der Waals surface area contributed by atoms with E-state index in [4.69, 9.17) is 0 Å². The van der Waals surface area contributed by atoms with Crippen LogP contribution in [0.2, 0.25) is 0 Å². The second kappa shape index (κ2) is 9.33.